The summed E-state index contributed by atoms with van der Waals surface area (Å²) in [7, 11) is -3.65. The summed E-state index contributed by atoms with van der Waals surface area (Å²) in [4.78, 5) is 12.5. The van der Waals surface area contributed by atoms with Crippen LogP contribution in [0.1, 0.15) is 36.5 Å². The Kier molecular flexibility index (Phi) is 7.64. The van der Waals surface area contributed by atoms with Gasteiger partial charge in [-0.15, -0.1) is 0 Å². The van der Waals surface area contributed by atoms with E-state index >= 15 is 0 Å². The van der Waals surface area contributed by atoms with Crippen molar-refractivity contribution < 1.29 is 13.2 Å². The average molecular weight is 430 g/mol. The third-order valence-electron chi connectivity index (χ3n) is 5.38. The van der Waals surface area contributed by atoms with E-state index in [1.807, 2.05) is 56.3 Å². The second kappa shape index (κ2) is 10.2. The number of hydrogen-bond acceptors (Lipinski definition) is 3. The lowest BCUT2D eigenvalue weighted by atomic mass is 10.1. The summed E-state index contributed by atoms with van der Waals surface area (Å²) in [6, 6.07) is 18.0. The van der Waals surface area contributed by atoms with Crippen molar-refractivity contribution in [1.29, 1.82) is 0 Å². The predicted molar refractivity (Wildman–Crippen MR) is 119 cm³/mol. The highest BCUT2D eigenvalue weighted by atomic mass is 32.2. The molecule has 1 unspecified atom stereocenters. The van der Waals surface area contributed by atoms with Crippen LogP contribution in [0, 0.1) is 6.92 Å². The first-order valence-corrected chi connectivity index (χ1v) is 11.9. The highest BCUT2D eigenvalue weighted by Gasteiger charge is 2.34. The van der Waals surface area contributed by atoms with Crippen molar-refractivity contribution in [3.05, 3.63) is 71.3 Å². The molecule has 0 aromatic heterocycles. The van der Waals surface area contributed by atoms with Gasteiger partial charge in [0.1, 0.15) is 0 Å². The molecule has 1 atom stereocenters. The number of carbonyl (C=O) groups is 1. The fraction of sp³-hybridized carbons (Fsp3) is 0.435. The number of nitrogens with one attached hydrogen (secondary N) is 1. The van der Waals surface area contributed by atoms with Crippen LogP contribution in [0.15, 0.2) is 54.6 Å². The molecule has 0 spiro atoms. The molecule has 2 aromatic carbocycles. The number of hydrogen-bond donors (Lipinski definition) is 1. The number of rotatable bonds is 8. The Balaban J connectivity index is 1.53. The van der Waals surface area contributed by atoms with Crippen LogP contribution >= 0.6 is 0 Å². The molecule has 0 bridgehead atoms. The van der Waals surface area contributed by atoms with Crippen LogP contribution in [0.4, 0.5) is 0 Å². The van der Waals surface area contributed by atoms with E-state index in [9.17, 15) is 13.2 Å². The molecule has 162 valence electrons. The molecule has 1 fully saturated rings. The van der Waals surface area contributed by atoms with E-state index in [1.165, 1.54) is 14.2 Å². The number of aryl methyl sites for hydroxylation is 2. The average Bonchev–Trinajstić information content (AvgIpc) is 2.72. The Bertz CT molecular complexity index is 930. The third kappa shape index (κ3) is 6.14. The fourth-order valence-electron chi connectivity index (χ4n) is 3.62. The predicted octanol–water partition coefficient (Wildman–Crippen LogP) is 2.89. The maximum absolute atomic E-state index is 13.0. The SMILES string of the molecule is Cc1ccc(CN2CCCN(CC(=O)NC(C)CCc3ccccc3)S2(=O)=O)cc1. The van der Waals surface area contributed by atoms with E-state index in [-0.39, 0.29) is 18.5 Å². The number of nitrogens with zero attached hydrogens (tertiary/aromatic N) is 2. The topological polar surface area (TPSA) is 69.7 Å². The maximum atomic E-state index is 13.0. The third-order valence-corrected chi connectivity index (χ3v) is 7.31. The van der Waals surface area contributed by atoms with E-state index in [1.54, 1.807) is 0 Å². The Hall–Kier alpha value is -2.22. The molecule has 0 radical (unpaired) electrons. The summed E-state index contributed by atoms with van der Waals surface area (Å²) >= 11 is 0. The van der Waals surface area contributed by atoms with Crippen molar-refractivity contribution in [3.8, 4) is 0 Å². The Morgan fingerprint density at radius 3 is 2.37 bits per heavy atom. The minimum absolute atomic E-state index is 0.0196. The van der Waals surface area contributed by atoms with Gasteiger partial charge < -0.3 is 5.32 Å². The van der Waals surface area contributed by atoms with Crippen LogP contribution in [0.5, 0.6) is 0 Å². The zero-order valence-electron chi connectivity index (χ0n) is 17.8. The lowest BCUT2D eigenvalue weighted by Crippen LogP contribution is -2.52. The summed E-state index contributed by atoms with van der Waals surface area (Å²) in [5.41, 5.74) is 3.31. The van der Waals surface area contributed by atoms with Gasteiger partial charge in [-0.2, -0.15) is 17.0 Å². The van der Waals surface area contributed by atoms with Crippen molar-refractivity contribution in [2.45, 2.75) is 45.7 Å². The minimum atomic E-state index is -3.65. The first-order valence-electron chi connectivity index (χ1n) is 10.5. The van der Waals surface area contributed by atoms with Crippen molar-refractivity contribution in [2.75, 3.05) is 19.6 Å². The van der Waals surface area contributed by atoms with Crippen molar-refractivity contribution >= 4 is 16.1 Å². The molecule has 1 aliphatic heterocycles. The zero-order chi connectivity index (χ0) is 21.6. The molecule has 1 amide bonds. The van der Waals surface area contributed by atoms with Crippen LogP contribution in [0.25, 0.3) is 0 Å². The van der Waals surface area contributed by atoms with Crippen LogP contribution < -0.4 is 5.32 Å². The van der Waals surface area contributed by atoms with Gasteiger partial charge in [0.25, 0.3) is 10.2 Å². The summed E-state index contributed by atoms with van der Waals surface area (Å²) in [5.74, 6) is -0.253. The lowest BCUT2D eigenvalue weighted by molar-refractivity contribution is -0.122. The van der Waals surface area contributed by atoms with Gasteiger partial charge >= 0.3 is 0 Å². The molecular weight excluding hydrogens is 398 g/mol. The molecule has 7 heteroatoms. The van der Waals surface area contributed by atoms with E-state index in [0.29, 0.717) is 26.1 Å². The molecule has 0 saturated carbocycles. The van der Waals surface area contributed by atoms with Gasteiger partial charge in [0.15, 0.2) is 0 Å². The van der Waals surface area contributed by atoms with Gasteiger partial charge in [0.2, 0.25) is 5.91 Å². The van der Waals surface area contributed by atoms with E-state index in [4.69, 9.17) is 0 Å². The first kappa shape index (κ1) is 22.5. The zero-order valence-corrected chi connectivity index (χ0v) is 18.6. The normalized spacial score (nSPS) is 18.1. The summed E-state index contributed by atoms with van der Waals surface area (Å²) in [6.45, 7) is 4.99. The second-order valence-electron chi connectivity index (χ2n) is 8.01. The molecule has 1 N–H and O–H groups in total. The van der Waals surface area contributed by atoms with Crippen LogP contribution in [0.3, 0.4) is 0 Å². The largest absolute Gasteiger partial charge is 0.352 e. The van der Waals surface area contributed by atoms with Gasteiger partial charge in [-0.05, 0) is 44.2 Å². The molecule has 6 nitrogen and oxygen atoms in total. The lowest BCUT2D eigenvalue weighted by Gasteiger charge is -2.34. The molecular formula is C23H31N3O3S. The van der Waals surface area contributed by atoms with Crippen LogP contribution in [0.2, 0.25) is 0 Å². The van der Waals surface area contributed by atoms with Gasteiger partial charge in [0.05, 0.1) is 6.54 Å². The molecule has 0 aliphatic carbocycles. The standard InChI is InChI=1S/C23H31N3O3S/c1-19-9-12-22(13-10-19)17-25-15-6-16-26(30(25,28)29)18-23(27)24-20(2)11-14-21-7-4-3-5-8-21/h3-5,7-10,12-13,20H,6,11,14-18H2,1-2H3,(H,24,27). The van der Waals surface area contributed by atoms with Gasteiger partial charge in [-0.25, -0.2) is 0 Å². The maximum Gasteiger partial charge on any atom is 0.282 e. The van der Waals surface area contributed by atoms with Crippen molar-refractivity contribution in [2.24, 2.45) is 0 Å². The quantitative estimate of drug-likeness (QED) is 0.702. The van der Waals surface area contributed by atoms with Crippen molar-refractivity contribution in [1.82, 2.24) is 13.9 Å². The van der Waals surface area contributed by atoms with E-state index in [2.05, 4.69) is 17.4 Å². The van der Waals surface area contributed by atoms with Crippen molar-refractivity contribution in [3.63, 3.8) is 0 Å². The summed E-state index contributed by atoms with van der Waals surface area (Å²) in [5, 5.41) is 2.94. The minimum Gasteiger partial charge on any atom is -0.352 e. The number of benzene rings is 2. The highest BCUT2D eigenvalue weighted by Crippen LogP contribution is 2.19. The molecule has 3 rings (SSSR count). The fourth-order valence-corrected chi connectivity index (χ4v) is 5.26. The monoisotopic (exact) mass is 429 g/mol. The Morgan fingerprint density at radius 1 is 1.00 bits per heavy atom. The summed E-state index contributed by atoms with van der Waals surface area (Å²) < 4.78 is 28.7. The Labute approximate surface area is 180 Å². The molecule has 2 aromatic rings. The molecule has 1 aliphatic rings. The van der Waals surface area contributed by atoms with Crippen LogP contribution in [-0.2, 0) is 28.0 Å². The number of amides is 1. The highest BCUT2D eigenvalue weighted by molar-refractivity contribution is 7.86. The van der Waals surface area contributed by atoms with Crippen LogP contribution in [-0.4, -0.2) is 48.6 Å². The molecule has 1 saturated heterocycles. The van der Waals surface area contributed by atoms with E-state index < -0.39 is 10.2 Å². The molecule has 1 heterocycles. The van der Waals surface area contributed by atoms with E-state index in [0.717, 1.165) is 24.0 Å². The van der Waals surface area contributed by atoms with Gasteiger partial charge in [-0.3, -0.25) is 4.79 Å². The molecule has 30 heavy (non-hydrogen) atoms. The summed E-state index contributed by atoms with van der Waals surface area (Å²) in [6.07, 6.45) is 2.39. The first-order chi connectivity index (χ1) is 14.3. The Morgan fingerprint density at radius 2 is 1.67 bits per heavy atom. The van der Waals surface area contributed by atoms with Gasteiger partial charge in [0, 0.05) is 25.7 Å². The second-order valence-corrected chi connectivity index (χ2v) is 9.94. The van der Waals surface area contributed by atoms with Gasteiger partial charge in [-0.1, -0.05) is 60.2 Å². The number of carbonyl (C=O) groups excluding carboxylic acids is 1. The smallest absolute Gasteiger partial charge is 0.282 e.